The molecular formula is C13H10N4O4. The highest BCUT2D eigenvalue weighted by atomic mass is 16.4. The molecule has 2 aromatic rings. The molecule has 0 saturated heterocycles. The monoisotopic (exact) mass is 286 g/mol. The van der Waals surface area contributed by atoms with E-state index in [1.807, 2.05) is 0 Å². The fourth-order valence-electron chi connectivity index (χ4n) is 2.15. The second kappa shape index (κ2) is 4.82. The Bertz CT molecular complexity index is 717. The van der Waals surface area contributed by atoms with Crippen LogP contribution in [0.25, 0.3) is 0 Å². The summed E-state index contributed by atoms with van der Waals surface area (Å²) in [5, 5.41) is 15.8. The zero-order chi connectivity index (χ0) is 15.0. The molecule has 106 valence electrons. The third-order valence-electron chi connectivity index (χ3n) is 3.19. The molecule has 0 radical (unpaired) electrons. The number of carboxylic acids is 1. The van der Waals surface area contributed by atoms with Crippen molar-refractivity contribution >= 4 is 17.8 Å². The number of hydrogen-bond donors (Lipinski definition) is 1. The maximum atomic E-state index is 12.1. The summed E-state index contributed by atoms with van der Waals surface area (Å²) in [6.07, 6.45) is 1.25. The standard InChI is InChI=1S/C13H10N4O4/c18-11-8-3-1-2-4-9(8)12(19)17(11)6-5-16-7-10(13(20)21)14-15-16/h1-4,7H,5-6H2,(H,20,21). The number of imide groups is 1. The number of carbonyl (C=O) groups excluding carboxylic acids is 2. The minimum Gasteiger partial charge on any atom is -0.476 e. The van der Waals surface area contributed by atoms with E-state index >= 15 is 0 Å². The van der Waals surface area contributed by atoms with E-state index in [4.69, 9.17) is 5.11 Å². The van der Waals surface area contributed by atoms with Crippen LogP contribution >= 0.6 is 0 Å². The minimum atomic E-state index is -1.18. The summed E-state index contributed by atoms with van der Waals surface area (Å²) in [5.74, 6) is -1.88. The highest BCUT2D eigenvalue weighted by Gasteiger charge is 2.34. The predicted octanol–water partition coefficient (Wildman–Crippen LogP) is 0.273. The van der Waals surface area contributed by atoms with Crippen molar-refractivity contribution in [3.63, 3.8) is 0 Å². The molecule has 1 aliphatic rings. The Balaban J connectivity index is 1.73. The highest BCUT2D eigenvalue weighted by molar-refractivity contribution is 6.21. The van der Waals surface area contributed by atoms with Crippen LogP contribution in [0.15, 0.2) is 30.5 Å². The quantitative estimate of drug-likeness (QED) is 0.809. The molecule has 1 aromatic heterocycles. The van der Waals surface area contributed by atoms with Crippen molar-refractivity contribution in [2.45, 2.75) is 6.54 Å². The van der Waals surface area contributed by atoms with E-state index in [0.717, 1.165) is 4.90 Å². The molecule has 0 bridgehead atoms. The number of amides is 2. The number of rotatable bonds is 4. The van der Waals surface area contributed by atoms with Gasteiger partial charge in [-0.25, -0.2) is 9.48 Å². The number of aromatic carboxylic acids is 1. The lowest BCUT2D eigenvalue weighted by Crippen LogP contribution is -2.33. The lowest BCUT2D eigenvalue weighted by molar-refractivity contribution is 0.0643. The van der Waals surface area contributed by atoms with E-state index in [9.17, 15) is 14.4 Å². The van der Waals surface area contributed by atoms with Crippen molar-refractivity contribution in [1.82, 2.24) is 19.9 Å². The average Bonchev–Trinajstić information content (AvgIpc) is 3.03. The summed E-state index contributed by atoms with van der Waals surface area (Å²) in [5.41, 5.74) is 0.581. The molecule has 0 aliphatic carbocycles. The Kier molecular flexibility index (Phi) is 2.98. The van der Waals surface area contributed by atoms with Crippen molar-refractivity contribution in [3.8, 4) is 0 Å². The average molecular weight is 286 g/mol. The number of carbonyl (C=O) groups is 3. The Hall–Kier alpha value is -3.03. The molecular weight excluding hydrogens is 276 g/mol. The molecule has 8 nitrogen and oxygen atoms in total. The fourth-order valence-corrected chi connectivity index (χ4v) is 2.15. The summed E-state index contributed by atoms with van der Waals surface area (Å²) in [6, 6.07) is 6.61. The zero-order valence-corrected chi connectivity index (χ0v) is 10.8. The second-order valence-electron chi connectivity index (χ2n) is 4.48. The van der Waals surface area contributed by atoms with Crippen LogP contribution in [-0.4, -0.2) is 49.3 Å². The van der Waals surface area contributed by atoms with Gasteiger partial charge in [-0.15, -0.1) is 5.10 Å². The lowest BCUT2D eigenvalue weighted by Gasteiger charge is -2.12. The molecule has 8 heteroatoms. The van der Waals surface area contributed by atoms with Crippen LogP contribution in [0.4, 0.5) is 0 Å². The Morgan fingerprint density at radius 2 is 1.71 bits per heavy atom. The number of benzene rings is 1. The van der Waals surface area contributed by atoms with E-state index in [0.29, 0.717) is 11.1 Å². The van der Waals surface area contributed by atoms with Crippen molar-refractivity contribution < 1.29 is 19.5 Å². The summed E-state index contributed by atoms with van der Waals surface area (Å²) in [4.78, 5) is 36.0. The summed E-state index contributed by atoms with van der Waals surface area (Å²) < 4.78 is 1.28. The fraction of sp³-hybridized carbons (Fsp3) is 0.154. The smallest absolute Gasteiger partial charge is 0.358 e. The van der Waals surface area contributed by atoms with Crippen LogP contribution in [0, 0.1) is 0 Å². The molecule has 1 N–H and O–H groups in total. The van der Waals surface area contributed by atoms with E-state index in [2.05, 4.69) is 10.3 Å². The number of hydrogen-bond acceptors (Lipinski definition) is 5. The van der Waals surface area contributed by atoms with Crippen molar-refractivity contribution in [3.05, 3.63) is 47.3 Å². The summed E-state index contributed by atoms with van der Waals surface area (Å²) in [7, 11) is 0. The third kappa shape index (κ3) is 2.16. The molecule has 2 amide bonds. The zero-order valence-electron chi connectivity index (χ0n) is 10.8. The van der Waals surface area contributed by atoms with Crippen molar-refractivity contribution in [2.75, 3.05) is 6.54 Å². The first-order valence-corrected chi connectivity index (χ1v) is 6.16. The third-order valence-corrected chi connectivity index (χ3v) is 3.19. The molecule has 0 saturated carbocycles. The van der Waals surface area contributed by atoms with Gasteiger partial charge in [0.2, 0.25) is 0 Å². The first kappa shape index (κ1) is 13.0. The van der Waals surface area contributed by atoms with Crippen LogP contribution in [-0.2, 0) is 6.54 Å². The summed E-state index contributed by atoms with van der Waals surface area (Å²) in [6.45, 7) is 0.292. The van der Waals surface area contributed by atoms with Crippen molar-refractivity contribution in [2.24, 2.45) is 0 Å². The topological polar surface area (TPSA) is 105 Å². The molecule has 1 aliphatic heterocycles. The van der Waals surface area contributed by atoms with Gasteiger partial charge in [0.05, 0.1) is 23.9 Å². The second-order valence-corrected chi connectivity index (χ2v) is 4.48. The van der Waals surface area contributed by atoms with E-state index in [1.54, 1.807) is 24.3 Å². The number of carboxylic acid groups (broad SMARTS) is 1. The number of aromatic nitrogens is 3. The lowest BCUT2D eigenvalue weighted by atomic mass is 10.1. The Labute approximate surface area is 118 Å². The molecule has 0 spiro atoms. The maximum absolute atomic E-state index is 12.1. The number of nitrogens with zero attached hydrogens (tertiary/aromatic N) is 4. The van der Waals surface area contributed by atoms with Gasteiger partial charge in [-0.05, 0) is 12.1 Å². The van der Waals surface area contributed by atoms with Gasteiger partial charge < -0.3 is 5.11 Å². The first-order valence-electron chi connectivity index (χ1n) is 6.16. The minimum absolute atomic E-state index is 0.106. The predicted molar refractivity (Wildman–Crippen MR) is 68.8 cm³/mol. The molecule has 1 aromatic carbocycles. The first-order chi connectivity index (χ1) is 10.1. The van der Waals surface area contributed by atoms with Crippen LogP contribution in [0.2, 0.25) is 0 Å². The van der Waals surface area contributed by atoms with Crippen LogP contribution in [0.3, 0.4) is 0 Å². The highest BCUT2D eigenvalue weighted by Crippen LogP contribution is 2.22. The molecule has 0 fully saturated rings. The Morgan fingerprint density at radius 1 is 1.10 bits per heavy atom. The SMILES string of the molecule is O=C(O)c1cn(CCN2C(=O)c3ccccc3C2=O)nn1. The van der Waals surface area contributed by atoms with Crippen molar-refractivity contribution in [1.29, 1.82) is 0 Å². The van der Waals surface area contributed by atoms with Crippen LogP contribution < -0.4 is 0 Å². The van der Waals surface area contributed by atoms with Gasteiger partial charge in [0.25, 0.3) is 11.8 Å². The van der Waals surface area contributed by atoms with E-state index in [-0.39, 0.29) is 30.6 Å². The molecule has 0 atom stereocenters. The van der Waals surface area contributed by atoms with Gasteiger partial charge >= 0.3 is 5.97 Å². The largest absolute Gasteiger partial charge is 0.476 e. The van der Waals surface area contributed by atoms with Gasteiger partial charge in [-0.2, -0.15) is 0 Å². The van der Waals surface area contributed by atoms with Gasteiger partial charge in [0.15, 0.2) is 5.69 Å². The molecule has 2 heterocycles. The van der Waals surface area contributed by atoms with Gasteiger partial charge in [-0.3, -0.25) is 14.5 Å². The van der Waals surface area contributed by atoms with E-state index in [1.165, 1.54) is 10.9 Å². The number of fused-ring (bicyclic) bond motifs is 1. The van der Waals surface area contributed by atoms with Crippen LogP contribution in [0.5, 0.6) is 0 Å². The van der Waals surface area contributed by atoms with E-state index < -0.39 is 5.97 Å². The normalized spacial score (nSPS) is 13.6. The summed E-state index contributed by atoms with van der Waals surface area (Å²) >= 11 is 0. The van der Waals surface area contributed by atoms with Gasteiger partial charge in [0, 0.05) is 6.54 Å². The van der Waals surface area contributed by atoms with Gasteiger partial charge in [0.1, 0.15) is 0 Å². The Morgan fingerprint density at radius 3 is 2.24 bits per heavy atom. The molecule has 3 rings (SSSR count). The van der Waals surface area contributed by atoms with Crippen LogP contribution in [0.1, 0.15) is 31.2 Å². The molecule has 0 unspecified atom stereocenters. The van der Waals surface area contributed by atoms with Gasteiger partial charge in [-0.1, -0.05) is 17.3 Å². The molecule has 21 heavy (non-hydrogen) atoms. The maximum Gasteiger partial charge on any atom is 0.358 e.